The van der Waals surface area contributed by atoms with E-state index in [9.17, 15) is 4.79 Å². The Morgan fingerprint density at radius 1 is 1.24 bits per heavy atom. The van der Waals surface area contributed by atoms with Crippen LogP contribution >= 0.6 is 11.6 Å². The molecule has 10 heteroatoms. The van der Waals surface area contributed by atoms with Gasteiger partial charge in [-0.2, -0.15) is 9.90 Å². The third-order valence-corrected chi connectivity index (χ3v) is 7.84. The second-order valence-electron chi connectivity index (χ2n) is 9.91. The Morgan fingerprint density at radius 3 is 2.82 bits per heavy atom. The number of rotatable bonds is 7. The molecule has 0 spiro atoms. The quantitative estimate of drug-likeness (QED) is 0.405. The summed E-state index contributed by atoms with van der Waals surface area (Å²) in [6.45, 7) is 0.244. The summed E-state index contributed by atoms with van der Waals surface area (Å²) in [5.74, 6) is 2.75. The molecule has 0 saturated heterocycles. The summed E-state index contributed by atoms with van der Waals surface area (Å²) in [5.41, 5.74) is 2.13. The Balaban J connectivity index is 1.10. The van der Waals surface area contributed by atoms with Crippen LogP contribution < -0.4 is 10.2 Å². The molecule has 4 fully saturated rings. The average molecular weight is 481 g/mol. The molecule has 0 aliphatic heterocycles. The number of hydrogen-bond donors (Lipinski definition) is 1. The van der Waals surface area contributed by atoms with Crippen LogP contribution in [-0.2, 0) is 16.9 Å². The smallest absolute Gasteiger partial charge is 0.246 e. The van der Waals surface area contributed by atoms with Crippen LogP contribution in [0.2, 0.25) is 5.02 Å². The molecule has 2 atom stereocenters. The number of hydrogen-bond acceptors (Lipinski definition) is 7. The molecule has 2 heterocycles. The Hall–Kier alpha value is -3.20. The van der Waals surface area contributed by atoms with E-state index >= 15 is 0 Å². The summed E-state index contributed by atoms with van der Waals surface area (Å²) in [5, 5.41) is 17.2. The van der Waals surface area contributed by atoms with Gasteiger partial charge in [0.05, 0.1) is 22.2 Å². The first-order chi connectivity index (χ1) is 16.5. The van der Waals surface area contributed by atoms with Crippen LogP contribution in [0.15, 0.2) is 52.2 Å². The minimum absolute atomic E-state index is 0.0313. The van der Waals surface area contributed by atoms with Crippen LogP contribution in [0.4, 0.5) is 0 Å². The number of carbonyl (C=O) groups excluding carboxylic acids is 1. The molecule has 1 N–H and O–H groups in total. The molecule has 4 aliphatic carbocycles. The maximum absolute atomic E-state index is 13.3. The molecule has 2 aromatic heterocycles. The van der Waals surface area contributed by atoms with Gasteiger partial charge in [-0.1, -0.05) is 23.7 Å². The molecule has 34 heavy (non-hydrogen) atoms. The highest BCUT2D eigenvalue weighted by atomic mass is 35.5. The number of tetrazole rings is 1. The predicted molar refractivity (Wildman–Crippen MR) is 123 cm³/mol. The van der Waals surface area contributed by atoms with E-state index in [-0.39, 0.29) is 18.1 Å². The van der Waals surface area contributed by atoms with Crippen LogP contribution in [-0.4, -0.2) is 32.3 Å². The fraction of sp³-hybridized carbons (Fsp3) is 0.458. The number of nitrogens with one attached hydrogen (secondary N) is 1. The van der Waals surface area contributed by atoms with E-state index in [0.29, 0.717) is 34.1 Å². The van der Waals surface area contributed by atoms with Gasteiger partial charge in [-0.25, -0.2) is 5.43 Å². The van der Waals surface area contributed by atoms with Gasteiger partial charge in [0.1, 0.15) is 23.9 Å². The van der Waals surface area contributed by atoms with Gasteiger partial charge in [0, 0.05) is 0 Å². The third kappa shape index (κ3) is 3.77. The highest BCUT2D eigenvalue weighted by molar-refractivity contribution is 6.32. The van der Waals surface area contributed by atoms with Crippen LogP contribution in [0.25, 0.3) is 0 Å². The zero-order chi connectivity index (χ0) is 23.2. The molecule has 1 amide bonds. The van der Waals surface area contributed by atoms with E-state index in [1.807, 2.05) is 18.2 Å². The van der Waals surface area contributed by atoms with Crippen LogP contribution in [0.1, 0.15) is 50.0 Å². The van der Waals surface area contributed by atoms with Crippen molar-refractivity contribution in [3.63, 3.8) is 0 Å². The highest BCUT2D eigenvalue weighted by Gasteiger charge is 2.62. The first-order valence-corrected chi connectivity index (χ1v) is 11.9. The Kier molecular flexibility index (Phi) is 5.17. The number of nitrogens with zero attached hydrogens (tertiary/aromatic N) is 5. The zero-order valence-corrected chi connectivity index (χ0v) is 19.3. The van der Waals surface area contributed by atoms with E-state index in [0.717, 1.165) is 32.1 Å². The summed E-state index contributed by atoms with van der Waals surface area (Å²) in [6.07, 6.45) is 8.73. The number of benzene rings is 1. The molecular weight excluding hydrogens is 456 g/mol. The minimum atomic E-state index is -0.438. The second-order valence-corrected chi connectivity index (χ2v) is 10.3. The van der Waals surface area contributed by atoms with E-state index in [1.165, 1.54) is 19.0 Å². The fourth-order valence-corrected chi connectivity index (χ4v) is 6.81. The number of halogens is 1. The summed E-state index contributed by atoms with van der Waals surface area (Å²) in [4.78, 5) is 15.1. The number of furan rings is 1. The Labute approximate surface area is 201 Å². The third-order valence-electron chi connectivity index (χ3n) is 7.53. The topological polar surface area (TPSA) is 107 Å². The number of amides is 1. The minimum Gasteiger partial charge on any atom is -0.484 e. The zero-order valence-electron chi connectivity index (χ0n) is 18.6. The van der Waals surface area contributed by atoms with Crippen molar-refractivity contribution in [1.29, 1.82) is 0 Å². The maximum atomic E-state index is 13.3. The number of para-hydroxylation sites is 1. The maximum Gasteiger partial charge on any atom is 0.246 e. The standard InChI is InChI=1S/C24H25ClN6O3/c25-20-3-1-2-4-21(20)33-13-19-6-5-18(34-19)12-26-29-22(32)23-8-16-7-17(9-23)11-24(10-16,14-23)31-28-15-27-30-31/h1-6,12,15-17H,7-11,13-14H2,(H,29,32)/b26-12+/t16-,17-,23?,24?/m1/s1. The molecule has 4 saturated carbocycles. The van der Waals surface area contributed by atoms with Crippen molar-refractivity contribution in [2.75, 3.05) is 0 Å². The molecule has 9 nitrogen and oxygen atoms in total. The summed E-state index contributed by atoms with van der Waals surface area (Å²) >= 11 is 6.12. The van der Waals surface area contributed by atoms with Gasteiger partial charge >= 0.3 is 0 Å². The van der Waals surface area contributed by atoms with Crippen molar-refractivity contribution >= 4 is 23.7 Å². The lowest BCUT2D eigenvalue weighted by Crippen LogP contribution is -2.61. The number of hydrazone groups is 1. The van der Waals surface area contributed by atoms with Gasteiger partial charge in [0.2, 0.25) is 5.91 Å². The van der Waals surface area contributed by atoms with Crippen molar-refractivity contribution in [1.82, 2.24) is 25.6 Å². The van der Waals surface area contributed by atoms with E-state index in [4.69, 9.17) is 20.8 Å². The summed E-state index contributed by atoms with van der Waals surface area (Å²) in [6, 6.07) is 10.9. The molecule has 0 radical (unpaired) electrons. The van der Waals surface area contributed by atoms with E-state index in [1.54, 1.807) is 23.0 Å². The van der Waals surface area contributed by atoms with Crippen molar-refractivity contribution in [3.8, 4) is 5.75 Å². The summed E-state index contributed by atoms with van der Waals surface area (Å²) < 4.78 is 11.4. The number of ether oxygens (including phenoxy) is 1. The molecule has 7 rings (SSSR count). The van der Waals surface area contributed by atoms with Crippen molar-refractivity contribution in [2.45, 2.75) is 50.7 Å². The van der Waals surface area contributed by atoms with Crippen LogP contribution in [0.3, 0.4) is 0 Å². The van der Waals surface area contributed by atoms with Crippen molar-refractivity contribution < 1.29 is 13.9 Å². The molecular formula is C24H25ClN6O3. The van der Waals surface area contributed by atoms with Gasteiger partial charge < -0.3 is 9.15 Å². The number of carbonyl (C=O) groups is 1. The molecule has 0 unspecified atom stereocenters. The van der Waals surface area contributed by atoms with Crippen molar-refractivity contribution in [2.24, 2.45) is 22.4 Å². The predicted octanol–water partition coefficient (Wildman–Crippen LogP) is 3.94. The van der Waals surface area contributed by atoms with Crippen LogP contribution in [0.5, 0.6) is 5.75 Å². The van der Waals surface area contributed by atoms with E-state index in [2.05, 4.69) is 25.9 Å². The fourth-order valence-electron chi connectivity index (χ4n) is 6.62. The molecule has 176 valence electrons. The monoisotopic (exact) mass is 480 g/mol. The average Bonchev–Trinajstić information content (AvgIpc) is 3.51. The lowest BCUT2D eigenvalue weighted by Gasteiger charge is -2.60. The molecule has 1 aromatic carbocycles. The second kappa shape index (κ2) is 8.23. The SMILES string of the molecule is O=C(N/N=C/c1ccc(COc2ccccc2Cl)o1)C12C[C@H]3C[C@H](C1)CC(n1ncnn1)(C3)C2. The lowest BCUT2D eigenvalue weighted by molar-refractivity contribution is -0.157. The Bertz CT molecular complexity index is 1210. The first kappa shape index (κ1) is 21.3. The van der Waals surface area contributed by atoms with E-state index < -0.39 is 5.41 Å². The first-order valence-electron chi connectivity index (χ1n) is 11.6. The van der Waals surface area contributed by atoms with Gasteiger partial charge in [-0.3, -0.25) is 4.79 Å². The van der Waals surface area contributed by atoms with Crippen molar-refractivity contribution in [3.05, 3.63) is 59.3 Å². The largest absolute Gasteiger partial charge is 0.484 e. The highest BCUT2D eigenvalue weighted by Crippen LogP contribution is 2.63. The molecule has 3 aromatic rings. The normalized spacial score (nSPS) is 29.6. The molecule has 4 aliphatic rings. The Morgan fingerprint density at radius 2 is 2.06 bits per heavy atom. The lowest BCUT2D eigenvalue weighted by atomic mass is 9.46. The van der Waals surface area contributed by atoms with Gasteiger partial charge in [0.15, 0.2) is 6.33 Å². The summed E-state index contributed by atoms with van der Waals surface area (Å²) in [7, 11) is 0. The van der Waals surface area contributed by atoms with Crippen LogP contribution in [0, 0.1) is 17.3 Å². The number of aromatic nitrogens is 4. The van der Waals surface area contributed by atoms with Gasteiger partial charge in [0.25, 0.3) is 0 Å². The molecule has 4 bridgehead atoms. The van der Waals surface area contributed by atoms with Gasteiger partial charge in [-0.05, 0) is 79.8 Å². The van der Waals surface area contributed by atoms with Gasteiger partial charge in [-0.15, -0.1) is 10.2 Å².